The molecule has 1 aliphatic heterocycles. The van der Waals surface area contributed by atoms with Crippen molar-refractivity contribution >= 4 is 10.0 Å². The van der Waals surface area contributed by atoms with Crippen molar-refractivity contribution in [2.45, 2.75) is 10.9 Å². The van der Waals surface area contributed by atoms with Crippen molar-refractivity contribution in [3.8, 4) is 0 Å². The van der Waals surface area contributed by atoms with Crippen LogP contribution in [0.25, 0.3) is 0 Å². The van der Waals surface area contributed by atoms with Crippen LogP contribution in [0.1, 0.15) is 11.6 Å². The second-order valence-electron chi connectivity index (χ2n) is 6.68. The lowest BCUT2D eigenvalue weighted by Crippen LogP contribution is -2.45. The van der Waals surface area contributed by atoms with Gasteiger partial charge in [-0.3, -0.25) is 14.3 Å². The minimum Gasteiger partial charge on any atom is -0.379 e. The van der Waals surface area contributed by atoms with Gasteiger partial charge in [0, 0.05) is 46.0 Å². The number of nitrogens with zero attached hydrogens (tertiary/aromatic N) is 3. The molecule has 1 N–H and O–H groups in total. The Morgan fingerprint density at radius 1 is 1.11 bits per heavy atom. The fraction of sp³-hybridized carbons (Fsp3) is 0.444. The molecule has 1 atom stereocenters. The normalized spacial score (nSPS) is 16.8. The smallest absolute Gasteiger partial charge is 0.330 e. The van der Waals surface area contributed by atoms with E-state index in [1.165, 1.54) is 14.1 Å². The number of hydrogen-bond donors (Lipinski definition) is 1. The number of morpholine rings is 1. The zero-order valence-electron chi connectivity index (χ0n) is 15.9. The lowest BCUT2D eigenvalue weighted by molar-refractivity contribution is 0.0172. The lowest BCUT2D eigenvalue weighted by Gasteiger charge is -2.34. The van der Waals surface area contributed by atoms with Crippen molar-refractivity contribution in [2.24, 2.45) is 14.1 Å². The fourth-order valence-electron chi connectivity index (χ4n) is 3.25. The number of hydrogen-bond acceptors (Lipinski definition) is 6. The van der Waals surface area contributed by atoms with Crippen LogP contribution < -0.4 is 16.0 Å². The molecule has 3 rings (SSSR count). The van der Waals surface area contributed by atoms with Gasteiger partial charge in [0.2, 0.25) is 10.0 Å². The summed E-state index contributed by atoms with van der Waals surface area (Å²) < 4.78 is 35.4. The van der Waals surface area contributed by atoms with Crippen LogP contribution in [0.15, 0.2) is 51.0 Å². The van der Waals surface area contributed by atoms with Gasteiger partial charge >= 0.3 is 5.69 Å². The number of nitrogens with one attached hydrogen (secondary N) is 1. The van der Waals surface area contributed by atoms with Gasteiger partial charge in [0.15, 0.2) is 4.90 Å². The summed E-state index contributed by atoms with van der Waals surface area (Å²) in [5.74, 6) is 0. The van der Waals surface area contributed by atoms with Crippen LogP contribution >= 0.6 is 0 Å². The van der Waals surface area contributed by atoms with E-state index in [2.05, 4.69) is 9.62 Å². The van der Waals surface area contributed by atoms with Crippen molar-refractivity contribution in [2.75, 3.05) is 32.8 Å². The summed E-state index contributed by atoms with van der Waals surface area (Å²) in [5.41, 5.74) is -0.460. The Balaban J connectivity index is 1.88. The van der Waals surface area contributed by atoms with Crippen molar-refractivity contribution in [3.63, 3.8) is 0 Å². The van der Waals surface area contributed by atoms with E-state index in [0.717, 1.165) is 20.9 Å². The quantitative estimate of drug-likeness (QED) is 0.687. The van der Waals surface area contributed by atoms with E-state index < -0.39 is 26.2 Å². The first-order chi connectivity index (χ1) is 13.3. The van der Waals surface area contributed by atoms with Crippen LogP contribution in [-0.2, 0) is 28.9 Å². The van der Waals surface area contributed by atoms with E-state index in [9.17, 15) is 18.0 Å². The molecule has 1 aliphatic rings. The maximum atomic E-state index is 12.8. The number of ether oxygens (including phenoxy) is 1. The summed E-state index contributed by atoms with van der Waals surface area (Å²) in [5, 5.41) is 0. The average Bonchev–Trinajstić information content (AvgIpc) is 2.70. The maximum Gasteiger partial charge on any atom is 0.330 e. The number of rotatable bonds is 6. The van der Waals surface area contributed by atoms with Gasteiger partial charge in [-0.25, -0.2) is 17.9 Å². The van der Waals surface area contributed by atoms with Crippen LogP contribution in [0.4, 0.5) is 0 Å². The molecule has 28 heavy (non-hydrogen) atoms. The van der Waals surface area contributed by atoms with Gasteiger partial charge in [0.25, 0.3) is 5.56 Å². The second kappa shape index (κ2) is 8.39. The molecular formula is C18H24N4O5S. The third-order valence-electron chi connectivity index (χ3n) is 4.84. The zero-order chi connectivity index (χ0) is 20.3. The van der Waals surface area contributed by atoms with Gasteiger partial charge in [-0.1, -0.05) is 30.3 Å². The summed E-state index contributed by atoms with van der Waals surface area (Å²) in [6.07, 6.45) is 1.05. The van der Waals surface area contributed by atoms with Crippen molar-refractivity contribution in [3.05, 3.63) is 62.9 Å². The molecule has 2 heterocycles. The van der Waals surface area contributed by atoms with Gasteiger partial charge in [0.05, 0.1) is 13.2 Å². The molecule has 9 nitrogen and oxygen atoms in total. The molecule has 0 spiro atoms. The Labute approximate surface area is 163 Å². The Morgan fingerprint density at radius 3 is 2.39 bits per heavy atom. The van der Waals surface area contributed by atoms with E-state index in [1.807, 2.05) is 30.3 Å². The predicted octanol–water partition coefficient (Wildman–Crippen LogP) is -0.564. The highest BCUT2D eigenvalue weighted by Gasteiger charge is 2.27. The monoisotopic (exact) mass is 408 g/mol. The van der Waals surface area contributed by atoms with E-state index >= 15 is 0 Å². The first-order valence-electron chi connectivity index (χ1n) is 8.94. The molecule has 1 aromatic carbocycles. The van der Waals surface area contributed by atoms with E-state index in [0.29, 0.717) is 26.3 Å². The third-order valence-corrected chi connectivity index (χ3v) is 6.25. The zero-order valence-corrected chi connectivity index (χ0v) is 16.7. The summed E-state index contributed by atoms with van der Waals surface area (Å²) in [6, 6.07) is 9.40. The molecule has 10 heteroatoms. The Kier molecular flexibility index (Phi) is 6.14. The molecular weight excluding hydrogens is 384 g/mol. The minimum atomic E-state index is -4.10. The highest BCUT2D eigenvalue weighted by Crippen LogP contribution is 2.21. The van der Waals surface area contributed by atoms with E-state index in [-0.39, 0.29) is 12.6 Å². The Morgan fingerprint density at radius 2 is 1.75 bits per heavy atom. The van der Waals surface area contributed by atoms with Gasteiger partial charge in [-0.15, -0.1) is 0 Å². The molecule has 1 fully saturated rings. The largest absolute Gasteiger partial charge is 0.379 e. The van der Waals surface area contributed by atoms with Crippen LogP contribution in [0.2, 0.25) is 0 Å². The standard InChI is InChI=1S/C18H24N4O5S/c1-20-13-16(17(23)21(2)18(20)24)28(25,26)19-12-15(14-6-4-3-5-7-14)22-8-10-27-11-9-22/h3-7,13,15,19H,8-12H2,1-2H3. The number of benzene rings is 1. The van der Waals surface area contributed by atoms with Gasteiger partial charge in [-0.05, 0) is 5.56 Å². The minimum absolute atomic E-state index is 0.0956. The van der Waals surface area contributed by atoms with Gasteiger partial charge in [0.1, 0.15) is 0 Å². The molecule has 0 aliphatic carbocycles. The highest BCUT2D eigenvalue weighted by molar-refractivity contribution is 7.89. The van der Waals surface area contributed by atoms with Gasteiger partial charge in [-0.2, -0.15) is 0 Å². The van der Waals surface area contributed by atoms with Crippen LogP contribution in [0.5, 0.6) is 0 Å². The molecule has 1 unspecified atom stereocenters. The number of aryl methyl sites for hydroxylation is 1. The fourth-order valence-corrected chi connectivity index (χ4v) is 4.44. The SMILES string of the molecule is Cn1cc(S(=O)(=O)NCC(c2ccccc2)N2CCOCC2)c(=O)n(C)c1=O. The predicted molar refractivity (Wildman–Crippen MR) is 104 cm³/mol. The molecule has 0 radical (unpaired) electrons. The molecule has 0 saturated carbocycles. The van der Waals surface area contributed by atoms with Crippen molar-refractivity contribution < 1.29 is 13.2 Å². The van der Waals surface area contributed by atoms with E-state index in [4.69, 9.17) is 4.74 Å². The second-order valence-corrected chi connectivity index (χ2v) is 8.41. The molecule has 0 bridgehead atoms. The summed E-state index contributed by atoms with van der Waals surface area (Å²) in [6.45, 7) is 2.62. The van der Waals surface area contributed by atoms with Crippen molar-refractivity contribution in [1.82, 2.24) is 18.8 Å². The number of aromatic nitrogens is 2. The Hall–Kier alpha value is -2.27. The first-order valence-corrected chi connectivity index (χ1v) is 10.4. The number of sulfonamides is 1. The van der Waals surface area contributed by atoms with Crippen LogP contribution in [-0.4, -0.2) is 55.3 Å². The summed E-state index contributed by atoms with van der Waals surface area (Å²) in [7, 11) is -1.44. The lowest BCUT2D eigenvalue weighted by atomic mass is 10.1. The molecule has 0 amide bonds. The van der Waals surface area contributed by atoms with Crippen molar-refractivity contribution in [1.29, 1.82) is 0 Å². The third kappa shape index (κ3) is 4.25. The molecule has 152 valence electrons. The van der Waals surface area contributed by atoms with Crippen LogP contribution in [0.3, 0.4) is 0 Å². The molecule has 2 aromatic rings. The Bertz CT molecular complexity index is 1040. The maximum absolute atomic E-state index is 12.8. The van der Waals surface area contributed by atoms with E-state index in [1.54, 1.807) is 0 Å². The molecule has 1 saturated heterocycles. The topological polar surface area (TPSA) is 103 Å². The summed E-state index contributed by atoms with van der Waals surface area (Å²) >= 11 is 0. The van der Waals surface area contributed by atoms with Crippen LogP contribution in [0, 0.1) is 0 Å². The van der Waals surface area contributed by atoms with Gasteiger partial charge < -0.3 is 9.30 Å². The summed E-state index contributed by atoms with van der Waals surface area (Å²) in [4.78, 5) is 25.8. The highest BCUT2D eigenvalue weighted by atomic mass is 32.2. The average molecular weight is 408 g/mol. The first kappa shape index (κ1) is 20.5. The molecule has 1 aromatic heterocycles.